The maximum Gasteiger partial charge on any atom is 0.155 e. The van der Waals surface area contributed by atoms with E-state index in [1.165, 1.54) is 17.8 Å². The molecule has 3 heteroatoms. The topological polar surface area (TPSA) is 12.9 Å². The van der Waals surface area contributed by atoms with Gasteiger partial charge < -0.3 is 0 Å². The molecule has 0 saturated carbocycles. The highest BCUT2D eigenvalue weighted by atomic mass is 32.2. The van der Waals surface area contributed by atoms with Crippen LogP contribution in [0.2, 0.25) is 0 Å². The second kappa shape index (κ2) is 3.01. The summed E-state index contributed by atoms with van der Waals surface area (Å²) in [7, 11) is 0. The molecule has 0 aliphatic rings. The van der Waals surface area contributed by atoms with Crippen LogP contribution in [0, 0.1) is 12.7 Å². The molecule has 0 bridgehead atoms. The maximum absolute atomic E-state index is 12.7. The Morgan fingerprint density at radius 2 is 2.20 bits per heavy atom. The van der Waals surface area contributed by atoms with Crippen molar-refractivity contribution in [3.63, 3.8) is 0 Å². The third kappa shape index (κ3) is 1.48. The number of hydrogen-bond acceptors (Lipinski definition) is 2. The third-order valence-corrected chi connectivity index (χ3v) is 1.82. The number of aryl methyl sites for hydroxylation is 1. The number of pyridine rings is 1. The first kappa shape index (κ1) is 7.54. The minimum Gasteiger partial charge on any atom is -0.244 e. The van der Waals surface area contributed by atoms with E-state index in [1.54, 1.807) is 6.07 Å². The first-order valence-electron chi connectivity index (χ1n) is 2.91. The van der Waals surface area contributed by atoms with Crippen LogP contribution in [-0.2, 0) is 0 Å². The average Bonchev–Trinajstić information content (AvgIpc) is 1.94. The van der Waals surface area contributed by atoms with Crippen molar-refractivity contribution in [3.05, 3.63) is 23.6 Å². The number of thioether (sulfide) groups is 1. The van der Waals surface area contributed by atoms with Crippen molar-refractivity contribution < 1.29 is 4.39 Å². The Kier molecular flexibility index (Phi) is 2.27. The summed E-state index contributed by atoms with van der Waals surface area (Å²) in [5.41, 5.74) is 0.853. The fourth-order valence-corrected chi connectivity index (χ4v) is 1.16. The first-order chi connectivity index (χ1) is 4.74. The van der Waals surface area contributed by atoms with E-state index in [2.05, 4.69) is 4.98 Å². The lowest BCUT2D eigenvalue weighted by Crippen LogP contribution is -1.87. The fraction of sp³-hybridized carbons (Fsp3) is 0.286. The minimum atomic E-state index is -0.238. The average molecular weight is 157 g/mol. The van der Waals surface area contributed by atoms with E-state index < -0.39 is 0 Å². The molecule has 1 aromatic heterocycles. The molecule has 0 aliphatic carbocycles. The van der Waals surface area contributed by atoms with Gasteiger partial charge in [-0.15, -0.1) is 11.8 Å². The summed E-state index contributed by atoms with van der Waals surface area (Å²) in [4.78, 5) is 3.98. The molecule has 0 spiro atoms. The zero-order chi connectivity index (χ0) is 7.56. The van der Waals surface area contributed by atoms with Crippen LogP contribution < -0.4 is 0 Å². The largest absolute Gasteiger partial charge is 0.244 e. The molecule has 10 heavy (non-hydrogen) atoms. The van der Waals surface area contributed by atoms with E-state index >= 15 is 0 Å². The Hall–Kier alpha value is -0.570. The van der Waals surface area contributed by atoms with Crippen LogP contribution in [0.25, 0.3) is 0 Å². The molecule has 0 atom stereocenters. The molecule has 1 heterocycles. The monoisotopic (exact) mass is 157 g/mol. The molecular formula is C7H8FNS. The molecule has 0 aromatic carbocycles. The molecule has 0 radical (unpaired) electrons. The normalized spacial score (nSPS) is 9.90. The Morgan fingerprint density at radius 3 is 2.70 bits per heavy atom. The lowest BCUT2D eigenvalue weighted by atomic mass is 10.4. The van der Waals surface area contributed by atoms with Gasteiger partial charge in [-0.1, -0.05) is 0 Å². The minimum absolute atomic E-state index is 0.238. The van der Waals surface area contributed by atoms with Crippen LogP contribution in [0.5, 0.6) is 0 Å². The second-order valence-corrected chi connectivity index (χ2v) is 2.74. The van der Waals surface area contributed by atoms with Gasteiger partial charge in [-0.2, -0.15) is 0 Å². The predicted molar refractivity (Wildman–Crippen MR) is 40.7 cm³/mol. The van der Waals surface area contributed by atoms with Crippen molar-refractivity contribution in [2.24, 2.45) is 0 Å². The molecule has 0 amide bonds. The van der Waals surface area contributed by atoms with E-state index in [0.29, 0.717) is 5.03 Å². The van der Waals surface area contributed by atoms with Crippen molar-refractivity contribution in [1.29, 1.82) is 0 Å². The van der Waals surface area contributed by atoms with Crippen LogP contribution >= 0.6 is 11.8 Å². The molecule has 0 fully saturated rings. The predicted octanol–water partition coefficient (Wildman–Crippen LogP) is 2.25. The quantitative estimate of drug-likeness (QED) is 0.580. The van der Waals surface area contributed by atoms with Gasteiger partial charge in [-0.05, 0) is 25.3 Å². The van der Waals surface area contributed by atoms with Gasteiger partial charge in [0, 0.05) is 5.69 Å². The summed E-state index contributed by atoms with van der Waals surface area (Å²) >= 11 is 1.32. The van der Waals surface area contributed by atoms with Crippen molar-refractivity contribution in [2.75, 3.05) is 6.26 Å². The standard InChI is InChI=1S/C7H8FNS/c1-5-3-4-6(8)7(9-5)10-2/h3-4H,1-2H3. The summed E-state index contributed by atoms with van der Waals surface area (Å²) in [5, 5.41) is 0.472. The van der Waals surface area contributed by atoms with E-state index in [4.69, 9.17) is 0 Å². The molecule has 0 N–H and O–H groups in total. The molecule has 1 aromatic rings. The van der Waals surface area contributed by atoms with Crippen LogP contribution in [0.1, 0.15) is 5.69 Å². The molecule has 1 rings (SSSR count). The Bertz CT molecular complexity index is 237. The first-order valence-corrected chi connectivity index (χ1v) is 4.13. The number of hydrogen-bond donors (Lipinski definition) is 0. The molecule has 0 unspecified atom stereocenters. The van der Waals surface area contributed by atoms with Crippen molar-refractivity contribution in [3.8, 4) is 0 Å². The van der Waals surface area contributed by atoms with E-state index in [9.17, 15) is 4.39 Å². The summed E-state index contributed by atoms with van der Waals surface area (Å²) < 4.78 is 12.7. The van der Waals surface area contributed by atoms with Gasteiger partial charge >= 0.3 is 0 Å². The van der Waals surface area contributed by atoms with Gasteiger partial charge in [0.2, 0.25) is 0 Å². The summed E-state index contributed by atoms with van der Waals surface area (Å²) in [6.07, 6.45) is 1.81. The van der Waals surface area contributed by atoms with Gasteiger partial charge in [0.25, 0.3) is 0 Å². The molecular weight excluding hydrogens is 149 g/mol. The summed E-state index contributed by atoms with van der Waals surface area (Å²) in [5.74, 6) is -0.238. The number of rotatable bonds is 1. The van der Waals surface area contributed by atoms with Crippen molar-refractivity contribution in [1.82, 2.24) is 4.98 Å². The third-order valence-electron chi connectivity index (χ3n) is 1.15. The van der Waals surface area contributed by atoms with E-state index in [1.807, 2.05) is 13.2 Å². The van der Waals surface area contributed by atoms with Crippen LogP contribution in [0.15, 0.2) is 17.2 Å². The smallest absolute Gasteiger partial charge is 0.155 e. The Balaban J connectivity index is 3.09. The van der Waals surface area contributed by atoms with Crippen LogP contribution in [-0.4, -0.2) is 11.2 Å². The number of halogens is 1. The molecule has 54 valence electrons. The Labute approximate surface area is 63.7 Å². The highest BCUT2D eigenvalue weighted by Gasteiger charge is 1.99. The van der Waals surface area contributed by atoms with Crippen LogP contribution in [0.4, 0.5) is 4.39 Å². The van der Waals surface area contributed by atoms with Gasteiger partial charge in [0.05, 0.1) is 0 Å². The maximum atomic E-state index is 12.7. The van der Waals surface area contributed by atoms with E-state index in [0.717, 1.165) is 5.69 Å². The summed E-state index contributed by atoms with van der Waals surface area (Å²) in [6, 6.07) is 3.10. The number of aromatic nitrogens is 1. The fourth-order valence-electron chi connectivity index (χ4n) is 0.659. The van der Waals surface area contributed by atoms with Crippen molar-refractivity contribution >= 4 is 11.8 Å². The lowest BCUT2D eigenvalue weighted by molar-refractivity contribution is 0.586. The summed E-state index contributed by atoms with van der Waals surface area (Å²) in [6.45, 7) is 1.85. The van der Waals surface area contributed by atoms with E-state index in [-0.39, 0.29) is 5.82 Å². The van der Waals surface area contributed by atoms with Crippen LogP contribution in [0.3, 0.4) is 0 Å². The highest BCUT2D eigenvalue weighted by molar-refractivity contribution is 7.98. The van der Waals surface area contributed by atoms with Gasteiger partial charge in [-0.3, -0.25) is 0 Å². The van der Waals surface area contributed by atoms with Crippen molar-refractivity contribution in [2.45, 2.75) is 11.9 Å². The highest BCUT2D eigenvalue weighted by Crippen LogP contribution is 2.15. The molecule has 0 aliphatic heterocycles. The zero-order valence-electron chi connectivity index (χ0n) is 5.89. The van der Waals surface area contributed by atoms with Gasteiger partial charge in [0.1, 0.15) is 5.03 Å². The second-order valence-electron chi connectivity index (χ2n) is 1.94. The molecule has 0 saturated heterocycles. The van der Waals surface area contributed by atoms with Gasteiger partial charge in [0.15, 0.2) is 5.82 Å². The Morgan fingerprint density at radius 1 is 1.50 bits per heavy atom. The van der Waals surface area contributed by atoms with Gasteiger partial charge in [-0.25, -0.2) is 9.37 Å². The molecule has 1 nitrogen and oxygen atoms in total. The lowest BCUT2D eigenvalue weighted by Gasteiger charge is -1.97. The SMILES string of the molecule is CSc1nc(C)ccc1F. The zero-order valence-corrected chi connectivity index (χ0v) is 6.70. The number of nitrogens with zero attached hydrogens (tertiary/aromatic N) is 1.